The van der Waals surface area contributed by atoms with Crippen LogP contribution in [0.25, 0.3) is 55.3 Å². The number of anilines is 3. The van der Waals surface area contributed by atoms with Gasteiger partial charge in [-0.05, 0) is 86.3 Å². The minimum atomic E-state index is 1.11. The van der Waals surface area contributed by atoms with Crippen LogP contribution in [-0.2, 0) is 0 Å². The maximum absolute atomic E-state index is 2.42. The molecule has 8 aromatic rings. The van der Waals surface area contributed by atoms with Gasteiger partial charge in [-0.2, -0.15) is 0 Å². The van der Waals surface area contributed by atoms with Gasteiger partial charge in [-0.15, -0.1) is 0 Å². The molecule has 0 aromatic heterocycles. The van der Waals surface area contributed by atoms with Crippen LogP contribution in [-0.4, -0.2) is 0 Å². The first-order chi connectivity index (χ1) is 23.3. The van der Waals surface area contributed by atoms with Gasteiger partial charge in [0.15, 0.2) is 0 Å². The molecule has 0 heterocycles. The van der Waals surface area contributed by atoms with Crippen LogP contribution in [0.15, 0.2) is 200 Å². The van der Waals surface area contributed by atoms with Gasteiger partial charge in [0.25, 0.3) is 0 Å². The van der Waals surface area contributed by atoms with Crippen molar-refractivity contribution in [3.63, 3.8) is 0 Å². The second kappa shape index (κ2) is 12.7. The molecule has 222 valence electrons. The van der Waals surface area contributed by atoms with Crippen LogP contribution in [0, 0.1) is 0 Å². The largest absolute Gasteiger partial charge is 0.310 e. The summed E-state index contributed by atoms with van der Waals surface area (Å²) in [4.78, 5) is 2.42. The van der Waals surface area contributed by atoms with Crippen LogP contribution in [0.1, 0.15) is 0 Å². The van der Waals surface area contributed by atoms with Crippen LogP contribution >= 0.6 is 0 Å². The van der Waals surface area contributed by atoms with Crippen LogP contribution < -0.4 is 4.90 Å². The molecule has 0 aliphatic carbocycles. The van der Waals surface area contributed by atoms with Gasteiger partial charge in [0.2, 0.25) is 0 Å². The first-order valence-electron chi connectivity index (χ1n) is 16.1. The Balaban J connectivity index is 1.35. The molecule has 1 heteroatoms. The number of fused-ring (bicyclic) bond motifs is 1. The Morgan fingerprint density at radius 3 is 1.28 bits per heavy atom. The predicted octanol–water partition coefficient (Wildman–Crippen LogP) is 13.0. The Morgan fingerprint density at radius 1 is 0.277 bits per heavy atom. The maximum Gasteiger partial charge on any atom is 0.0546 e. The summed E-state index contributed by atoms with van der Waals surface area (Å²) in [6.45, 7) is 0. The zero-order valence-electron chi connectivity index (χ0n) is 26.0. The molecule has 0 aliphatic rings. The van der Waals surface area contributed by atoms with Crippen LogP contribution in [0.2, 0.25) is 0 Å². The van der Waals surface area contributed by atoms with Gasteiger partial charge in [0, 0.05) is 16.8 Å². The lowest BCUT2D eigenvalue weighted by Crippen LogP contribution is -2.11. The molecule has 0 unspecified atom stereocenters. The highest BCUT2D eigenvalue weighted by molar-refractivity contribution is 6.08. The molecule has 0 radical (unpaired) electrons. The van der Waals surface area contributed by atoms with Crippen LogP contribution in [0.5, 0.6) is 0 Å². The van der Waals surface area contributed by atoms with Gasteiger partial charge >= 0.3 is 0 Å². The topological polar surface area (TPSA) is 3.24 Å². The highest BCUT2D eigenvalue weighted by Gasteiger charge is 2.19. The van der Waals surface area contributed by atoms with Crippen molar-refractivity contribution in [2.24, 2.45) is 0 Å². The molecule has 0 atom stereocenters. The maximum atomic E-state index is 2.42. The number of hydrogen-bond donors (Lipinski definition) is 0. The summed E-state index contributed by atoms with van der Waals surface area (Å²) in [5.41, 5.74) is 12.9. The summed E-state index contributed by atoms with van der Waals surface area (Å²) in [6, 6.07) is 71.9. The van der Waals surface area contributed by atoms with E-state index in [0.717, 1.165) is 17.1 Å². The first kappa shape index (κ1) is 28.3. The van der Waals surface area contributed by atoms with Gasteiger partial charge in [-0.25, -0.2) is 0 Å². The number of hydrogen-bond acceptors (Lipinski definition) is 1. The Labute approximate surface area is 276 Å². The van der Waals surface area contributed by atoms with E-state index in [1.165, 1.54) is 55.3 Å². The Morgan fingerprint density at radius 2 is 0.723 bits per heavy atom. The van der Waals surface area contributed by atoms with Crippen LogP contribution in [0.4, 0.5) is 17.1 Å². The number of para-hydroxylation sites is 1. The number of nitrogens with zero attached hydrogens (tertiary/aromatic N) is 1. The summed E-state index contributed by atoms with van der Waals surface area (Å²) in [6.07, 6.45) is 0. The summed E-state index contributed by atoms with van der Waals surface area (Å²) >= 11 is 0. The van der Waals surface area contributed by atoms with Gasteiger partial charge in [-0.3, -0.25) is 0 Å². The minimum Gasteiger partial charge on any atom is -0.310 e. The molecule has 0 amide bonds. The van der Waals surface area contributed by atoms with E-state index in [4.69, 9.17) is 0 Å². The molecule has 0 saturated heterocycles. The standard InChI is InChI=1S/C46H33N/c1-5-15-34(16-6-1)37-27-29-38(30-28-37)44-25-13-21-39-22-14-26-45(46(39)44)47(42-23-11-4-12-24-42)43-32-40(35-17-7-2-8-18-35)31-41(33-43)36-19-9-3-10-20-36/h1-33H. The molecule has 1 nitrogen and oxygen atoms in total. The van der Waals surface area contributed by atoms with Crippen molar-refractivity contribution in [2.45, 2.75) is 0 Å². The van der Waals surface area contributed by atoms with Gasteiger partial charge in [-0.1, -0.05) is 164 Å². The van der Waals surface area contributed by atoms with Crippen molar-refractivity contribution >= 4 is 27.8 Å². The molecule has 47 heavy (non-hydrogen) atoms. The van der Waals surface area contributed by atoms with Crippen molar-refractivity contribution in [3.8, 4) is 44.5 Å². The molecule has 0 bridgehead atoms. The fourth-order valence-corrected chi connectivity index (χ4v) is 6.56. The molecule has 0 spiro atoms. The second-order valence-corrected chi connectivity index (χ2v) is 11.8. The fraction of sp³-hybridized carbons (Fsp3) is 0. The lowest BCUT2D eigenvalue weighted by molar-refractivity contribution is 1.30. The lowest BCUT2D eigenvalue weighted by Gasteiger charge is -2.29. The van der Waals surface area contributed by atoms with Crippen molar-refractivity contribution in [2.75, 3.05) is 4.90 Å². The van der Waals surface area contributed by atoms with Gasteiger partial charge in [0.1, 0.15) is 0 Å². The van der Waals surface area contributed by atoms with E-state index in [-0.39, 0.29) is 0 Å². The van der Waals surface area contributed by atoms with E-state index in [2.05, 4.69) is 205 Å². The molecule has 0 aliphatic heterocycles. The zero-order chi connectivity index (χ0) is 31.4. The monoisotopic (exact) mass is 599 g/mol. The summed E-state index contributed by atoms with van der Waals surface area (Å²) in [7, 11) is 0. The zero-order valence-corrected chi connectivity index (χ0v) is 26.0. The number of benzene rings is 8. The van der Waals surface area contributed by atoms with Gasteiger partial charge in [0.05, 0.1) is 5.69 Å². The molecule has 0 N–H and O–H groups in total. The highest BCUT2D eigenvalue weighted by atomic mass is 15.1. The minimum absolute atomic E-state index is 1.11. The average Bonchev–Trinajstić information content (AvgIpc) is 3.16. The van der Waals surface area contributed by atoms with Crippen molar-refractivity contribution in [1.82, 2.24) is 0 Å². The molecular weight excluding hydrogens is 567 g/mol. The van der Waals surface area contributed by atoms with Gasteiger partial charge < -0.3 is 4.90 Å². The summed E-state index contributed by atoms with van der Waals surface area (Å²) in [5, 5.41) is 2.42. The quantitative estimate of drug-likeness (QED) is 0.176. The molecule has 8 aromatic carbocycles. The average molecular weight is 600 g/mol. The first-order valence-corrected chi connectivity index (χ1v) is 16.1. The van der Waals surface area contributed by atoms with E-state index in [1.807, 2.05) is 0 Å². The second-order valence-electron chi connectivity index (χ2n) is 11.8. The molecule has 8 rings (SSSR count). The third-order valence-corrected chi connectivity index (χ3v) is 8.83. The van der Waals surface area contributed by atoms with E-state index in [9.17, 15) is 0 Å². The normalized spacial score (nSPS) is 11.0. The Bertz CT molecular complexity index is 2190. The fourth-order valence-electron chi connectivity index (χ4n) is 6.56. The lowest BCUT2D eigenvalue weighted by atomic mass is 9.94. The van der Waals surface area contributed by atoms with Crippen LogP contribution in [0.3, 0.4) is 0 Å². The molecule has 0 fully saturated rings. The molecule has 0 saturated carbocycles. The third-order valence-electron chi connectivity index (χ3n) is 8.83. The summed E-state index contributed by atoms with van der Waals surface area (Å²) in [5.74, 6) is 0. The highest BCUT2D eigenvalue weighted by Crippen LogP contribution is 2.45. The smallest absolute Gasteiger partial charge is 0.0546 e. The van der Waals surface area contributed by atoms with E-state index < -0.39 is 0 Å². The van der Waals surface area contributed by atoms with Crippen molar-refractivity contribution < 1.29 is 0 Å². The van der Waals surface area contributed by atoms with E-state index in [1.54, 1.807) is 0 Å². The van der Waals surface area contributed by atoms with E-state index >= 15 is 0 Å². The molecular formula is C46H33N. The van der Waals surface area contributed by atoms with Crippen molar-refractivity contribution in [1.29, 1.82) is 0 Å². The SMILES string of the molecule is c1ccc(-c2ccc(-c3cccc4cccc(N(c5ccccc5)c5cc(-c6ccccc6)cc(-c6ccccc6)c5)c34)cc2)cc1. The third kappa shape index (κ3) is 5.72. The Hall–Kier alpha value is -6.18. The van der Waals surface area contributed by atoms with E-state index in [0.29, 0.717) is 0 Å². The Kier molecular flexibility index (Phi) is 7.63. The summed E-state index contributed by atoms with van der Waals surface area (Å²) < 4.78 is 0. The predicted molar refractivity (Wildman–Crippen MR) is 200 cm³/mol. The van der Waals surface area contributed by atoms with Crippen molar-refractivity contribution in [3.05, 3.63) is 200 Å². The number of rotatable bonds is 7.